The molecule has 2 aromatic carbocycles. The third-order valence-electron chi connectivity index (χ3n) is 3.91. The fourth-order valence-corrected chi connectivity index (χ4v) is 3.37. The van der Waals surface area contributed by atoms with Gasteiger partial charge in [0.05, 0.1) is 6.10 Å². The zero-order valence-electron chi connectivity index (χ0n) is 11.7. The Morgan fingerprint density at radius 3 is 2.67 bits per heavy atom. The minimum absolute atomic E-state index is 0.333. The summed E-state index contributed by atoms with van der Waals surface area (Å²) in [5.74, 6) is 0.788. The highest BCUT2D eigenvalue weighted by atomic mass is 35.5. The maximum atomic E-state index is 9.96. The fourth-order valence-electron chi connectivity index (χ4n) is 2.86. The number of fused-ring (bicyclic) bond motifs is 1. The van der Waals surface area contributed by atoms with E-state index in [1.54, 1.807) is 12.1 Å². The molecule has 2 aromatic rings. The molecule has 0 fully saturated rings. The molecule has 1 atom stereocenters. The molecule has 1 unspecified atom stereocenters. The number of benzene rings is 2. The van der Waals surface area contributed by atoms with Crippen molar-refractivity contribution in [2.24, 2.45) is 0 Å². The van der Waals surface area contributed by atoms with Gasteiger partial charge in [0.2, 0.25) is 0 Å². The molecule has 2 nitrogen and oxygen atoms in total. The lowest BCUT2D eigenvalue weighted by Crippen LogP contribution is -2.00. The van der Waals surface area contributed by atoms with Crippen molar-refractivity contribution >= 4 is 23.2 Å². The first-order chi connectivity index (χ1) is 10.1. The van der Waals surface area contributed by atoms with E-state index in [0.29, 0.717) is 16.7 Å². The second-order valence-electron chi connectivity index (χ2n) is 5.36. The zero-order valence-corrected chi connectivity index (χ0v) is 13.2. The van der Waals surface area contributed by atoms with E-state index in [2.05, 4.69) is 0 Å². The largest absolute Gasteiger partial charge is 0.489 e. The Morgan fingerprint density at radius 2 is 1.95 bits per heavy atom. The number of aryl methyl sites for hydroxylation is 2. The number of halogens is 2. The van der Waals surface area contributed by atoms with Gasteiger partial charge in [-0.05, 0) is 60.7 Å². The minimum Gasteiger partial charge on any atom is -0.489 e. The molecule has 1 aliphatic carbocycles. The number of aliphatic hydroxyl groups is 1. The number of hydrogen-bond donors (Lipinski definition) is 1. The standard InChI is InChI=1S/C17H16Cl2O2/c1-10-7-12(8-11-5-6-16(20)17(10)11)21-9-13-14(18)3-2-4-15(13)19/h2-4,7-8,16,20H,5-6,9H2,1H3. The third kappa shape index (κ3) is 2.89. The molecule has 21 heavy (non-hydrogen) atoms. The van der Waals surface area contributed by atoms with E-state index in [0.717, 1.165) is 35.3 Å². The Labute approximate surface area is 134 Å². The lowest BCUT2D eigenvalue weighted by molar-refractivity contribution is 0.179. The Morgan fingerprint density at radius 1 is 1.24 bits per heavy atom. The van der Waals surface area contributed by atoms with E-state index < -0.39 is 0 Å². The number of aliphatic hydroxyl groups excluding tert-OH is 1. The van der Waals surface area contributed by atoms with Crippen molar-refractivity contribution in [3.8, 4) is 5.75 Å². The van der Waals surface area contributed by atoms with E-state index in [1.807, 2.05) is 25.1 Å². The van der Waals surface area contributed by atoms with Crippen LogP contribution in [0.4, 0.5) is 0 Å². The van der Waals surface area contributed by atoms with Crippen LogP contribution in [0.15, 0.2) is 30.3 Å². The summed E-state index contributed by atoms with van der Waals surface area (Å²) < 4.78 is 5.84. The predicted octanol–water partition coefficient (Wildman–Crippen LogP) is 4.86. The van der Waals surface area contributed by atoms with Crippen LogP contribution in [0.1, 0.15) is 34.8 Å². The lowest BCUT2D eigenvalue weighted by atomic mass is 10.0. The first-order valence-electron chi connectivity index (χ1n) is 6.93. The van der Waals surface area contributed by atoms with Crippen LogP contribution in [0.3, 0.4) is 0 Å². The molecular formula is C17H16Cl2O2. The summed E-state index contributed by atoms with van der Waals surface area (Å²) in [5.41, 5.74) is 4.08. The summed E-state index contributed by atoms with van der Waals surface area (Å²) in [7, 11) is 0. The van der Waals surface area contributed by atoms with E-state index >= 15 is 0 Å². The molecule has 0 heterocycles. The van der Waals surface area contributed by atoms with Crippen LogP contribution in [0, 0.1) is 6.92 Å². The van der Waals surface area contributed by atoms with E-state index in [-0.39, 0.29) is 6.10 Å². The second kappa shape index (κ2) is 5.88. The van der Waals surface area contributed by atoms with Crippen molar-refractivity contribution in [3.05, 3.63) is 62.6 Å². The molecule has 1 aliphatic rings. The molecule has 0 saturated carbocycles. The maximum Gasteiger partial charge on any atom is 0.120 e. The van der Waals surface area contributed by atoms with Crippen LogP contribution in [0.25, 0.3) is 0 Å². The first-order valence-corrected chi connectivity index (χ1v) is 7.69. The summed E-state index contributed by atoms with van der Waals surface area (Å²) >= 11 is 12.3. The Balaban J connectivity index is 1.82. The van der Waals surface area contributed by atoms with Crippen molar-refractivity contribution < 1.29 is 9.84 Å². The van der Waals surface area contributed by atoms with Crippen LogP contribution in [0.5, 0.6) is 5.75 Å². The smallest absolute Gasteiger partial charge is 0.120 e. The number of rotatable bonds is 3. The number of hydrogen-bond acceptors (Lipinski definition) is 2. The summed E-state index contributed by atoms with van der Waals surface area (Å²) in [5, 5.41) is 11.2. The van der Waals surface area contributed by atoms with Crippen LogP contribution >= 0.6 is 23.2 Å². The quantitative estimate of drug-likeness (QED) is 0.874. The van der Waals surface area contributed by atoms with Crippen LogP contribution in [-0.2, 0) is 13.0 Å². The molecule has 0 bridgehead atoms. The van der Waals surface area contributed by atoms with Crippen molar-refractivity contribution in [3.63, 3.8) is 0 Å². The van der Waals surface area contributed by atoms with Gasteiger partial charge in [0.15, 0.2) is 0 Å². The SMILES string of the molecule is Cc1cc(OCc2c(Cl)cccc2Cl)cc2c1C(O)CC2. The van der Waals surface area contributed by atoms with Crippen LogP contribution in [0.2, 0.25) is 10.0 Å². The predicted molar refractivity (Wildman–Crippen MR) is 85.3 cm³/mol. The van der Waals surface area contributed by atoms with Gasteiger partial charge in [-0.2, -0.15) is 0 Å². The number of ether oxygens (including phenoxy) is 1. The van der Waals surface area contributed by atoms with E-state index in [1.165, 1.54) is 5.56 Å². The maximum absolute atomic E-state index is 9.96. The van der Waals surface area contributed by atoms with Crippen molar-refractivity contribution in [1.29, 1.82) is 0 Å². The van der Waals surface area contributed by atoms with E-state index in [4.69, 9.17) is 27.9 Å². The van der Waals surface area contributed by atoms with Crippen molar-refractivity contribution in [1.82, 2.24) is 0 Å². The molecule has 0 saturated heterocycles. The highest BCUT2D eigenvalue weighted by Gasteiger charge is 2.23. The average molecular weight is 323 g/mol. The molecule has 1 N–H and O–H groups in total. The Kier molecular flexibility index (Phi) is 4.12. The highest BCUT2D eigenvalue weighted by Crippen LogP contribution is 2.36. The lowest BCUT2D eigenvalue weighted by Gasteiger charge is -2.13. The van der Waals surface area contributed by atoms with Gasteiger partial charge in [0.1, 0.15) is 12.4 Å². The summed E-state index contributed by atoms with van der Waals surface area (Å²) in [4.78, 5) is 0. The normalized spacial score (nSPS) is 16.9. The summed E-state index contributed by atoms with van der Waals surface area (Å²) in [6, 6.07) is 9.38. The third-order valence-corrected chi connectivity index (χ3v) is 4.62. The van der Waals surface area contributed by atoms with Gasteiger partial charge >= 0.3 is 0 Å². The van der Waals surface area contributed by atoms with Gasteiger partial charge in [-0.15, -0.1) is 0 Å². The summed E-state index contributed by atoms with van der Waals surface area (Å²) in [6.07, 6.45) is 1.34. The minimum atomic E-state index is -0.341. The zero-order chi connectivity index (χ0) is 15.0. The molecule has 110 valence electrons. The van der Waals surface area contributed by atoms with Gasteiger partial charge in [0, 0.05) is 15.6 Å². The second-order valence-corrected chi connectivity index (χ2v) is 6.17. The molecule has 0 amide bonds. The van der Waals surface area contributed by atoms with Gasteiger partial charge in [0.25, 0.3) is 0 Å². The van der Waals surface area contributed by atoms with Gasteiger partial charge in [-0.25, -0.2) is 0 Å². The topological polar surface area (TPSA) is 29.5 Å². The molecule has 0 aromatic heterocycles. The highest BCUT2D eigenvalue weighted by molar-refractivity contribution is 6.35. The fraction of sp³-hybridized carbons (Fsp3) is 0.294. The van der Waals surface area contributed by atoms with Gasteiger partial charge < -0.3 is 9.84 Å². The van der Waals surface area contributed by atoms with Gasteiger partial charge in [-0.3, -0.25) is 0 Å². The summed E-state index contributed by atoms with van der Waals surface area (Å²) in [6.45, 7) is 2.34. The average Bonchev–Trinajstić information content (AvgIpc) is 2.80. The van der Waals surface area contributed by atoms with Crippen LogP contribution in [-0.4, -0.2) is 5.11 Å². The molecule has 0 aliphatic heterocycles. The van der Waals surface area contributed by atoms with Crippen molar-refractivity contribution in [2.45, 2.75) is 32.5 Å². The monoisotopic (exact) mass is 322 g/mol. The van der Waals surface area contributed by atoms with Gasteiger partial charge in [-0.1, -0.05) is 29.3 Å². The molecule has 0 radical (unpaired) electrons. The van der Waals surface area contributed by atoms with Crippen LogP contribution < -0.4 is 4.74 Å². The molecule has 0 spiro atoms. The first kappa shape index (κ1) is 14.7. The molecule has 3 rings (SSSR count). The Bertz CT molecular complexity index is 662. The van der Waals surface area contributed by atoms with E-state index in [9.17, 15) is 5.11 Å². The molecule has 4 heteroatoms. The van der Waals surface area contributed by atoms with Crippen molar-refractivity contribution in [2.75, 3.05) is 0 Å². The molecular weight excluding hydrogens is 307 g/mol. The Hall–Kier alpha value is -1.22.